The van der Waals surface area contributed by atoms with Crippen molar-refractivity contribution in [2.45, 2.75) is 69.9 Å². The van der Waals surface area contributed by atoms with Crippen molar-refractivity contribution in [2.24, 2.45) is 5.92 Å². The van der Waals surface area contributed by atoms with Gasteiger partial charge < -0.3 is 20.4 Å². The number of hydrogen-bond acceptors (Lipinski definition) is 6. The molecule has 2 heterocycles. The number of rotatable bonds is 6. The smallest absolute Gasteiger partial charge is 0.134 e. The first kappa shape index (κ1) is 18.4. The first-order chi connectivity index (χ1) is 12.1. The third-order valence-electron chi connectivity index (χ3n) is 5.90. The van der Waals surface area contributed by atoms with E-state index in [1.54, 1.807) is 6.33 Å². The molecule has 2 aliphatic rings. The predicted molar refractivity (Wildman–Crippen MR) is 99.8 cm³/mol. The molecule has 3 rings (SSSR count). The fourth-order valence-corrected chi connectivity index (χ4v) is 4.23. The van der Waals surface area contributed by atoms with Crippen LogP contribution >= 0.6 is 0 Å². The average Bonchev–Trinajstić information content (AvgIpc) is 2.67. The molecule has 2 unspecified atom stereocenters. The van der Waals surface area contributed by atoms with Crippen LogP contribution in [0.4, 0.5) is 11.6 Å². The zero-order valence-electron chi connectivity index (χ0n) is 15.3. The van der Waals surface area contributed by atoms with Crippen molar-refractivity contribution in [2.75, 3.05) is 29.9 Å². The molecule has 1 aromatic rings. The number of piperidine rings is 1. The molecular weight excluding hydrogens is 316 g/mol. The second-order valence-corrected chi connectivity index (χ2v) is 7.83. The minimum atomic E-state index is -0.718. The van der Waals surface area contributed by atoms with Crippen LogP contribution in [0.15, 0.2) is 12.4 Å². The second kappa shape index (κ2) is 8.32. The van der Waals surface area contributed by atoms with Crippen LogP contribution in [0.5, 0.6) is 0 Å². The maximum Gasteiger partial charge on any atom is 0.134 e. The van der Waals surface area contributed by atoms with Crippen molar-refractivity contribution in [3.05, 3.63) is 12.4 Å². The molecule has 1 aliphatic carbocycles. The van der Waals surface area contributed by atoms with Gasteiger partial charge in [0.1, 0.15) is 18.0 Å². The first-order valence-corrected chi connectivity index (χ1v) is 9.76. The molecule has 6 nitrogen and oxygen atoms in total. The zero-order chi connectivity index (χ0) is 17.7. The van der Waals surface area contributed by atoms with E-state index in [1.165, 1.54) is 19.3 Å². The molecule has 3 N–H and O–H groups in total. The van der Waals surface area contributed by atoms with E-state index >= 15 is 0 Å². The van der Waals surface area contributed by atoms with E-state index in [2.05, 4.69) is 20.2 Å². The predicted octanol–water partition coefficient (Wildman–Crippen LogP) is 2.57. The van der Waals surface area contributed by atoms with Crippen LogP contribution in [0.25, 0.3) is 0 Å². The van der Waals surface area contributed by atoms with Crippen molar-refractivity contribution in [3.8, 4) is 0 Å². The molecule has 6 heteroatoms. The quantitative estimate of drug-likeness (QED) is 0.733. The minimum Gasteiger partial charge on any atom is -0.394 e. The number of nitrogens with one attached hydrogen (secondary N) is 1. The Morgan fingerprint density at radius 1 is 1.16 bits per heavy atom. The summed E-state index contributed by atoms with van der Waals surface area (Å²) in [5.41, 5.74) is -0.718. The standard InChI is InChI=1S/C19H32N4O2/c1-19(25,15-7-3-2-4-8-15)13-20-17-11-18(22-14-21-17)23-10-6-5-9-16(23)12-24/h11,14-16,24-25H,2-10,12-13H2,1H3,(H,20,21,22). The molecule has 1 aliphatic heterocycles. The van der Waals surface area contributed by atoms with Crippen LogP contribution in [-0.2, 0) is 0 Å². The summed E-state index contributed by atoms with van der Waals surface area (Å²) in [4.78, 5) is 10.9. The summed E-state index contributed by atoms with van der Waals surface area (Å²) in [6.45, 7) is 3.51. The Hall–Kier alpha value is -1.40. The highest BCUT2D eigenvalue weighted by atomic mass is 16.3. The van der Waals surface area contributed by atoms with Gasteiger partial charge in [-0.25, -0.2) is 9.97 Å². The van der Waals surface area contributed by atoms with E-state index < -0.39 is 5.60 Å². The van der Waals surface area contributed by atoms with E-state index in [4.69, 9.17) is 0 Å². The molecule has 0 amide bonds. The van der Waals surface area contributed by atoms with Gasteiger partial charge in [-0.2, -0.15) is 0 Å². The molecule has 0 spiro atoms. The maximum atomic E-state index is 10.8. The molecule has 25 heavy (non-hydrogen) atoms. The lowest BCUT2D eigenvalue weighted by molar-refractivity contribution is -0.00450. The minimum absolute atomic E-state index is 0.141. The lowest BCUT2D eigenvalue weighted by Gasteiger charge is -2.36. The van der Waals surface area contributed by atoms with Gasteiger partial charge in [-0.1, -0.05) is 19.3 Å². The van der Waals surface area contributed by atoms with Gasteiger partial charge in [-0.15, -0.1) is 0 Å². The van der Waals surface area contributed by atoms with Gasteiger partial charge in [0.2, 0.25) is 0 Å². The first-order valence-electron chi connectivity index (χ1n) is 9.76. The summed E-state index contributed by atoms with van der Waals surface area (Å²) in [7, 11) is 0. The largest absolute Gasteiger partial charge is 0.394 e. The third kappa shape index (κ3) is 4.61. The van der Waals surface area contributed by atoms with Gasteiger partial charge in [-0.3, -0.25) is 0 Å². The summed E-state index contributed by atoms with van der Waals surface area (Å²) < 4.78 is 0. The van der Waals surface area contributed by atoms with E-state index in [-0.39, 0.29) is 12.6 Å². The number of nitrogens with zero attached hydrogens (tertiary/aromatic N) is 3. The van der Waals surface area contributed by atoms with Crippen LogP contribution in [0.3, 0.4) is 0 Å². The Morgan fingerprint density at radius 2 is 1.92 bits per heavy atom. The van der Waals surface area contributed by atoms with Crippen molar-refractivity contribution in [1.82, 2.24) is 9.97 Å². The molecule has 140 valence electrons. The van der Waals surface area contributed by atoms with E-state index in [0.717, 1.165) is 50.3 Å². The second-order valence-electron chi connectivity index (χ2n) is 7.83. The third-order valence-corrected chi connectivity index (χ3v) is 5.90. The Balaban J connectivity index is 1.63. The lowest BCUT2D eigenvalue weighted by atomic mass is 9.78. The van der Waals surface area contributed by atoms with Gasteiger partial charge in [0, 0.05) is 19.2 Å². The normalized spacial score (nSPS) is 24.8. The molecule has 1 saturated heterocycles. The van der Waals surface area contributed by atoms with Crippen molar-refractivity contribution in [3.63, 3.8) is 0 Å². The summed E-state index contributed by atoms with van der Waals surface area (Å²) in [6, 6.07) is 2.08. The van der Waals surface area contributed by atoms with Gasteiger partial charge >= 0.3 is 0 Å². The number of aliphatic hydroxyl groups excluding tert-OH is 1. The SMILES string of the molecule is CC(O)(CNc1cc(N2CCCCC2CO)ncn1)C1CCCCC1. The average molecular weight is 348 g/mol. The van der Waals surface area contributed by atoms with Gasteiger partial charge in [0.25, 0.3) is 0 Å². The topological polar surface area (TPSA) is 81.5 Å². The van der Waals surface area contributed by atoms with Crippen LogP contribution in [-0.4, -0.2) is 51.5 Å². The molecular formula is C19H32N4O2. The number of hydrogen-bond donors (Lipinski definition) is 3. The highest BCUT2D eigenvalue weighted by Crippen LogP contribution is 2.33. The highest BCUT2D eigenvalue weighted by Gasteiger charge is 2.32. The van der Waals surface area contributed by atoms with E-state index in [0.29, 0.717) is 12.5 Å². The number of aromatic nitrogens is 2. The van der Waals surface area contributed by atoms with Gasteiger partial charge in [0.15, 0.2) is 0 Å². The summed E-state index contributed by atoms with van der Waals surface area (Å²) >= 11 is 0. The van der Waals surface area contributed by atoms with Crippen LogP contribution in [0, 0.1) is 5.92 Å². The lowest BCUT2D eigenvalue weighted by Crippen LogP contribution is -2.43. The highest BCUT2D eigenvalue weighted by molar-refractivity contribution is 5.49. The fourth-order valence-electron chi connectivity index (χ4n) is 4.23. The van der Waals surface area contributed by atoms with Gasteiger partial charge in [0.05, 0.1) is 18.2 Å². The monoisotopic (exact) mass is 348 g/mol. The molecule has 2 atom stereocenters. The van der Waals surface area contributed by atoms with Crippen LogP contribution in [0.1, 0.15) is 58.3 Å². The number of anilines is 2. The van der Waals surface area contributed by atoms with Crippen LogP contribution < -0.4 is 10.2 Å². The fraction of sp³-hybridized carbons (Fsp3) is 0.789. The van der Waals surface area contributed by atoms with E-state index in [9.17, 15) is 10.2 Å². The summed E-state index contributed by atoms with van der Waals surface area (Å²) in [5.74, 6) is 1.95. The van der Waals surface area contributed by atoms with Crippen molar-refractivity contribution < 1.29 is 10.2 Å². The Labute approximate surface area is 150 Å². The van der Waals surface area contributed by atoms with Gasteiger partial charge in [-0.05, 0) is 44.9 Å². The Bertz CT molecular complexity index is 546. The molecule has 1 aromatic heterocycles. The molecule has 0 radical (unpaired) electrons. The Kier molecular flexibility index (Phi) is 6.12. The zero-order valence-corrected chi connectivity index (χ0v) is 15.3. The maximum absolute atomic E-state index is 10.8. The molecule has 0 bridgehead atoms. The van der Waals surface area contributed by atoms with Crippen molar-refractivity contribution >= 4 is 11.6 Å². The summed E-state index contributed by atoms with van der Waals surface area (Å²) in [5, 5.41) is 23.8. The molecule has 0 aromatic carbocycles. The van der Waals surface area contributed by atoms with Crippen LogP contribution in [0.2, 0.25) is 0 Å². The molecule has 2 fully saturated rings. The van der Waals surface area contributed by atoms with E-state index in [1.807, 2.05) is 13.0 Å². The number of aliphatic hydroxyl groups is 2. The Morgan fingerprint density at radius 3 is 2.68 bits per heavy atom. The van der Waals surface area contributed by atoms with Crippen molar-refractivity contribution in [1.29, 1.82) is 0 Å². The summed E-state index contributed by atoms with van der Waals surface area (Å²) in [6.07, 6.45) is 10.8. The molecule has 1 saturated carbocycles.